The lowest BCUT2D eigenvalue weighted by atomic mass is 9.83. The SMILES string of the molecule is C=C1C(=O)O[C@@H]2/C=C(\C)[C@@]3(OCC(Cl)(Cl)Cl)C=C[C@@](C)(CC(OC(=O)C(C)C)[C@@H]12)O3. The van der Waals surface area contributed by atoms with Gasteiger partial charge >= 0.3 is 11.9 Å². The van der Waals surface area contributed by atoms with Gasteiger partial charge in [-0.2, -0.15) is 0 Å². The Balaban J connectivity index is 2.02. The highest BCUT2D eigenvalue weighted by molar-refractivity contribution is 6.67. The average molecular weight is 480 g/mol. The zero-order valence-electron chi connectivity index (χ0n) is 17.2. The summed E-state index contributed by atoms with van der Waals surface area (Å²) in [5.74, 6) is -3.10. The fourth-order valence-corrected chi connectivity index (χ4v) is 4.04. The van der Waals surface area contributed by atoms with Gasteiger partial charge in [-0.1, -0.05) is 61.3 Å². The summed E-state index contributed by atoms with van der Waals surface area (Å²) in [4.78, 5) is 24.7. The first-order valence-corrected chi connectivity index (χ1v) is 10.8. The van der Waals surface area contributed by atoms with Gasteiger partial charge in [0.15, 0.2) is 0 Å². The largest absolute Gasteiger partial charge is 0.461 e. The molecule has 166 valence electrons. The van der Waals surface area contributed by atoms with E-state index in [4.69, 9.17) is 53.8 Å². The molecule has 1 fully saturated rings. The van der Waals surface area contributed by atoms with Crippen molar-refractivity contribution < 1.29 is 28.5 Å². The minimum Gasteiger partial charge on any atom is -0.461 e. The molecule has 0 amide bonds. The van der Waals surface area contributed by atoms with Gasteiger partial charge in [0.2, 0.25) is 9.58 Å². The summed E-state index contributed by atoms with van der Waals surface area (Å²) in [5, 5.41) is 0. The van der Waals surface area contributed by atoms with Gasteiger partial charge < -0.3 is 18.9 Å². The molecule has 2 bridgehead atoms. The van der Waals surface area contributed by atoms with E-state index in [-0.39, 0.29) is 30.5 Å². The summed E-state index contributed by atoms with van der Waals surface area (Å²) in [6.45, 7) is 10.8. The van der Waals surface area contributed by atoms with Crippen molar-refractivity contribution in [2.24, 2.45) is 11.8 Å². The number of esters is 2. The predicted molar refractivity (Wildman–Crippen MR) is 113 cm³/mol. The first kappa shape index (κ1) is 23.6. The zero-order chi connectivity index (χ0) is 22.5. The molecule has 0 saturated carbocycles. The molecule has 3 rings (SSSR count). The van der Waals surface area contributed by atoms with Crippen LogP contribution in [-0.4, -0.2) is 45.9 Å². The monoisotopic (exact) mass is 478 g/mol. The molecule has 5 atom stereocenters. The van der Waals surface area contributed by atoms with Crippen LogP contribution < -0.4 is 0 Å². The average Bonchev–Trinajstić information content (AvgIpc) is 3.10. The second kappa shape index (κ2) is 8.14. The van der Waals surface area contributed by atoms with E-state index in [1.165, 1.54) is 0 Å². The van der Waals surface area contributed by atoms with E-state index in [0.717, 1.165) is 0 Å². The number of halogens is 3. The molecule has 1 saturated heterocycles. The van der Waals surface area contributed by atoms with Crippen LogP contribution in [0, 0.1) is 11.8 Å². The number of hydrogen-bond acceptors (Lipinski definition) is 6. The van der Waals surface area contributed by atoms with Gasteiger partial charge in [-0.3, -0.25) is 4.79 Å². The smallest absolute Gasteiger partial charge is 0.334 e. The Bertz CT molecular complexity index is 814. The first-order chi connectivity index (χ1) is 13.8. The van der Waals surface area contributed by atoms with Crippen LogP contribution >= 0.6 is 34.8 Å². The number of carbonyl (C=O) groups excluding carboxylic acids is 2. The predicted octanol–water partition coefficient (Wildman–Crippen LogP) is 4.43. The number of ether oxygens (including phenoxy) is 4. The normalized spacial score (nSPS) is 37.7. The summed E-state index contributed by atoms with van der Waals surface area (Å²) in [7, 11) is 0. The van der Waals surface area contributed by atoms with E-state index in [2.05, 4.69) is 6.58 Å². The first-order valence-electron chi connectivity index (χ1n) is 9.66. The third-order valence-corrected chi connectivity index (χ3v) is 5.79. The van der Waals surface area contributed by atoms with Crippen molar-refractivity contribution in [3.8, 4) is 0 Å². The molecular formula is C21H25Cl3O6. The van der Waals surface area contributed by atoms with Crippen molar-refractivity contribution >= 4 is 46.7 Å². The van der Waals surface area contributed by atoms with Crippen molar-refractivity contribution in [2.45, 2.75) is 61.5 Å². The summed E-state index contributed by atoms with van der Waals surface area (Å²) < 4.78 is 21.9. The topological polar surface area (TPSA) is 71.1 Å². The van der Waals surface area contributed by atoms with E-state index in [1.807, 2.05) is 13.0 Å². The number of carbonyl (C=O) groups is 2. The molecule has 3 heterocycles. The highest BCUT2D eigenvalue weighted by Gasteiger charge is 2.53. The highest BCUT2D eigenvalue weighted by atomic mass is 35.6. The molecule has 30 heavy (non-hydrogen) atoms. The van der Waals surface area contributed by atoms with E-state index in [0.29, 0.717) is 5.57 Å². The van der Waals surface area contributed by atoms with E-state index >= 15 is 0 Å². The molecule has 0 aromatic rings. The van der Waals surface area contributed by atoms with Gasteiger partial charge in [0, 0.05) is 12.0 Å². The number of fused-ring (bicyclic) bond motifs is 3. The fourth-order valence-electron chi connectivity index (χ4n) is 3.87. The molecule has 6 nitrogen and oxygen atoms in total. The minimum absolute atomic E-state index is 0.227. The van der Waals surface area contributed by atoms with Crippen LogP contribution in [0.5, 0.6) is 0 Å². The molecule has 0 spiro atoms. The maximum atomic E-state index is 12.4. The van der Waals surface area contributed by atoms with Gasteiger partial charge in [-0.25, -0.2) is 4.79 Å². The lowest BCUT2D eigenvalue weighted by Crippen LogP contribution is -2.43. The molecule has 1 unspecified atom stereocenters. The molecule has 3 aliphatic heterocycles. The number of rotatable bonds is 4. The van der Waals surface area contributed by atoms with Gasteiger partial charge in [-0.15, -0.1) is 0 Å². The van der Waals surface area contributed by atoms with Crippen molar-refractivity contribution in [3.05, 3.63) is 36.0 Å². The Labute approximate surface area is 191 Å². The molecule has 3 aliphatic rings. The van der Waals surface area contributed by atoms with Crippen molar-refractivity contribution in [1.82, 2.24) is 0 Å². The van der Waals surface area contributed by atoms with E-state index in [9.17, 15) is 9.59 Å². The summed E-state index contributed by atoms with van der Waals surface area (Å²) >= 11 is 17.6. The van der Waals surface area contributed by atoms with Crippen LogP contribution in [0.2, 0.25) is 0 Å². The van der Waals surface area contributed by atoms with Gasteiger partial charge in [0.25, 0.3) is 0 Å². The zero-order valence-corrected chi connectivity index (χ0v) is 19.5. The van der Waals surface area contributed by atoms with Crippen LogP contribution in [0.4, 0.5) is 0 Å². The Morgan fingerprint density at radius 3 is 2.63 bits per heavy atom. The number of hydrogen-bond donors (Lipinski definition) is 0. The van der Waals surface area contributed by atoms with Crippen LogP contribution in [0.1, 0.15) is 34.1 Å². The molecule has 0 aliphatic carbocycles. The van der Waals surface area contributed by atoms with Gasteiger partial charge in [0.05, 0.1) is 24.0 Å². The number of alkyl halides is 3. The fraction of sp³-hybridized carbons (Fsp3) is 0.619. The molecular weight excluding hydrogens is 455 g/mol. The molecule has 0 aromatic heterocycles. The van der Waals surface area contributed by atoms with Crippen LogP contribution in [0.25, 0.3) is 0 Å². The van der Waals surface area contributed by atoms with Crippen molar-refractivity contribution in [3.63, 3.8) is 0 Å². The molecule has 9 heteroatoms. The second-order valence-electron chi connectivity index (χ2n) is 8.42. The molecule has 0 radical (unpaired) electrons. The van der Waals surface area contributed by atoms with Crippen LogP contribution in [0.3, 0.4) is 0 Å². The van der Waals surface area contributed by atoms with Gasteiger partial charge in [0.1, 0.15) is 12.2 Å². The summed E-state index contributed by atoms with van der Waals surface area (Å²) in [6.07, 6.45) is 4.17. The van der Waals surface area contributed by atoms with E-state index in [1.54, 1.807) is 32.9 Å². The highest BCUT2D eigenvalue weighted by Crippen LogP contribution is 2.46. The Hall–Kier alpha value is -1.05. The lowest BCUT2D eigenvalue weighted by molar-refractivity contribution is -0.215. The lowest BCUT2D eigenvalue weighted by Gasteiger charge is -2.36. The van der Waals surface area contributed by atoms with Crippen molar-refractivity contribution in [2.75, 3.05) is 6.61 Å². The molecule has 0 aromatic carbocycles. The maximum Gasteiger partial charge on any atom is 0.334 e. The quantitative estimate of drug-likeness (QED) is 0.257. The second-order valence-corrected chi connectivity index (χ2v) is 10.9. The minimum atomic E-state index is -1.64. The van der Waals surface area contributed by atoms with Crippen LogP contribution in [-0.2, 0) is 28.5 Å². The molecule has 0 N–H and O–H groups in total. The third-order valence-electron chi connectivity index (χ3n) is 5.46. The Morgan fingerprint density at radius 2 is 2.03 bits per heavy atom. The summed E-state index contributed by atoms with van der Waals surface area (Å²) in [5.41, 5.74) is 0.00287. The van der Waals surface area contributed by atoms with Crippen molar-refractivity contribution in [1.29, 1.82) is 0 Å². The van der Waals surface area contributed by atoms with Gasteiger partial charge in [-0.05, 0) is 31.6 Å². The Kier molecular flexibility index (Phi) is 6.40. The Morgan fingerprint density at radius 1 is 1.37 bits per heavy atom. The third kappa shape index (κ3) is 4.73. The summed E-state index contributed by atoms with van der Waals surface area (Å²) in [6, 6.07) is 0. The standard InChI is InChI=1S/C21H25Cl3O6/c1-11(2)17(25)29-15-9-19(5)6-7-20(30-19,27-10-21(22,23)24)12(3)8-14-16(15)13(4)18(26)28-14/h6-8,11,14-16H,4,9-10H2,1-3,5H3/b12-8+/t14-,15?,16+,19+,20-/m1/s1. The maximum absolute atomic E-state index is 12.4. The van der Waals surface area contributed by atoms with E-state index < -0.39 is 39.3 Å². The van der Waals surface area contributed by atoms with Crippen LogP contribution in [0.15, 0.2) is 36.0 Å².